The van der Waals surface area contributed by atoms with Gasteiger partial charge >= 0.3 is 0 Å². The predicted molar refractivity (Wildman–Crippen MR) is 84.2 cm³/mol. The molecular formula is C16H14N2S. The van der Waals surface area contributed by atoms with Crippen LogP contribution in [0.15, 0.2) is 59.7 Å². The van der Waals surface area contributed by atoms with Crippen LogP contribution in [0.2, 0.25) is 0 Å². The third-order valence-corrected chi connectivity index (χ3v) is 4.24. The highest BCUT2D eigenvalue weighted by molar-refractivity contribution is 7.20. The Hall–Kier alpha value is -2.13. The quantitative estimate of drug-likeness (QED) is 0.541. The molecule has 0 aliphatic heterocycles. The first-order chi connectivity index (χ1) is 9.34. The largest absolute Gasteiger partial charge is 0.278 e. The van der Waals surface area contributed by atoms with Gasteiger partial charge in [-0.25, -0.2) is 0 Å². The van der Waals surface area contributed by atoms with Crippen molar-refractivity contribution >= 4 is 33.3 Å². The molecule has 0 fully saturated rings. The minimum Gasteiger partial charge on any atom is -0.278 e. The maximum atomic E-state index is 4.30. The maximum absolute atomic E-state index is 4.30. The van der Waals surface area contributed by atoms with Gasteiger partial charge in [0.2, 0.25) is 0 Å². The first kappa shape index (κ1) is 11.9. The van der Waals surface area contributed by atoms with Crippen LogP contribution in [-0.2, 0) is 0 Å². The van der Waals surface area contributed by atoms with Crippen LogP contribution in [0.1, 0.15) is 10.4 Å². The van der Waals surface area contributed by atoms with Crippen molar-refractivity contribution in [1.29, 1.82) is 0 Å². The number of rotatable bonds is 3. The molecular weight excluding hydrogens is 252 g/mol. The summed E-state index contributed by atoms with van der Waals surface area (Å²) < 4.78 is 1.31. The van der Waals surface area contributed by atoms with Crippen molar-refractivity contribution in [3.8, 4) is 0 Å². The molecule has 0 unspecified atom stereocenters. The van der Waals surface area contributed by atoms with Gasteiger partial charge in [-0.1, -0.05) is 36.4 Å². The number of benzene rings is 2. The van der Waals surface area contributed by atoms with Crippen LogP contribution < -0.4 is 5.43 Å². The highest BCUT2D eigenvalue weighted by Gasteiger charge is 2.05. The minimum atomic E-state index is 0.998. The van der Waals surface area contributed by atoms with Crippen molar-refractivity contribution in [2.45, 2.75) is 6.92 Å². The monoisotopic (exact) mass is 266 g/mol. The van der Waals surface area contributed by atoms with Crippen LogP contribution in [0.5, 0.6) is 0 Å². The van der Waals surface area contributed by atoms with Gasteiger partial charge in [0, 0.05) is 4.70 Å². The van der Waals surface area contributed by atoms with Gasteiger partial charge in [0.1, 0.15) is 0 Å². The van der Waals surface area contributed by atoms with Gasteiger partial charge in [0.15, 0.2) is 0 Å². The summed E-state index contributed by atoms with van der Waals surface area (Å²) in [5.41, 5.74) is 5.33. The van der Waals surface area contributed by atoms with Gasteiger partial charge in [-0.3, -0.25) is 5.43 Å². The van der Waals surface area contributed by atoms with Crippen molar-refractivity contribution in [2.24, 2.45) is 5.10 Å². The standard InChI is InChI=1S/C16H14N2S/c1-12-14-9-5-6-10-15(14)19-16(12)11-17-18-13-7-3-2-4-8-13/h2-11,18H,1H3/b17-11-. The summed E-state index contributed by atoms with van der Waals surface area (Å²) in [6, 6.07) is 18.4. The smallest absolute Gasteiger partial charge is 0.0647 e. The highest BCUT2D eigenvalue weighted by Crippen LogP contribution is 2.29. The lowest BCUT2D eigenvalue weighted by Gasteiger charge is -1.97. The van der Waals surface area contributed by atoms with E-state index in [1.165, 1.54) is 20.5 Å². The van der Waals surface area contributed by atoms with E-state index < -0.39 is 0 Å². The molecule has 3 rings (SSSR count). The van der Waals surface area contributed by atoms with E-state index >= 15 is 0 Å². The number of hydrogen-bond donors (Lipinski definition) is 1. The molecule has 0 amide bonds. The molecule has 0 aliphatic rings. The number of para-hydroxylation sites is 1. The zero-order valence-corrected chi connectivity index (χ0v) is 11.4. The predicted octanol–water partition coefficient (Wildman–Crippen LogP) is 4.66. The van der Waals surface area contributed by atoms with Crippen molar-refractivity contribution in [2.75, 3.05) is 5.43 Å². The second-order valence-electron chi connectivity index (χ2n) is 4.32. The zero-order valence-electron chi connectivity index (χ0n) is 10.6. The van der Waals surface area contributed by atoms with Gasteiger partial charge in [-0.2, -0.15) is 5.10 Å². The fraction of sp³-hybridized carbons (Fsp3) is 0.0625. The molecule has 19 heavy (non-hydrogen) atoms. The maximum Gasteiger partial charge on any atom is 0.0647 e. The molecule has 1 aromatic heterocycles. The third-order valence-electron chi connectivity index (χ3n) is 3.03. The van der Waals surface area contributed by atoms with Crippen molar-refractivity contribution in [3.05, 3.63) is 65.0 Å². The van der Waals surface area contributed by atoms with Crippen LogP contribution in [0.3, 0.4) is 0 Å². The number of anilines is 1. The Morgan fingerprint density at radius 3 is 2.53 bits per heavy atom. The van der Waals surface area contributed by atoms with Gasteiger partial charge in [-0.05, 0) is 36.1 Å². The zero-order chi connectivity index (χ0) is 13.1. The summed E-state index contributed by atoms with van der Waals surface area (Å²) in [4.78, 5) is 1.20. The summed E-state index contributed by atoms with van der Waals surface area (Å²) in [6.45, 7) is 2.14. The van der Waals surface area contributed by atoms with E-state index in [1.54, 1.807) is 11.3 Å². The minimum absolute atomic E-state index is 0.998. The van der Waals surface area contributed by atoms with E-state index in [0.29, 0.717) is 0 Å². The lowest BCUT2D eigenvalue weighted by Crippen LogP contribution is -1.89. The second-order valence-corrected chi connectivity index (χ2v) is 5.41. The van der Waals surface area contributed by atoms with Crippen molar-refractivity contribution < 1.29 is 0 Å². The Labute approximate surface area is 116 Å². The fourth-order valence-corrected chi connectivity index (χ4v) is 3.08. The molecule has 1 heterocycles. The third kappa shape index (κ3) is 2.51. The number of fused-ring (bicyclic) bond motifs is 1. The number of hydrazone groups is 1. The molecule has 3 heteroatoms. The number of nitrogens with one attached hydrogen (secondary N) is 1. The molecule has 0 saturated carbocycles. The molecule has 0 aliphatic carbocycles. The van der Waals surface area contributed by atoms with Gasteiger partial charge in [-0.15, -0.1) is 11.3 Å². The van der Waals surface area contributed by atoms with E-state index in [0.717, 1.165) is 5.69 Å². The van der Waals surface area contributed by atoms with Gasteiger partial charge < -0.3 is 0 Å². The number of thiophene rings is 1. The molecule has 0 radical (unpaired) electrons. The first-order valence-corrected chi connectivity index (χ1v) is 6.98. The van der Waals surface area contributed by atoms with Crippen LogP contribution in [0.4, 0.5) is 5.69 Å². The fourth-order valence-electron chi connectivity index (χ4n) is 1.99. The molecule has 1 N–H and O–H groups in total. The number of hydrogen-bond acceptors (Lipinski definition) is 3. The Kier molecular flexibility index (Phi) is 3.29. The van der Waals surface area contributed by atoms with Gasteiger partial charge in [0.25, 0.3) is 0 Å². The van der Waals surface area contributed by atoms with Crippen LogP contribution in [-0.4, -0.2) is 6.21 Å². The Morgan fingerprint density at radius 1 is 1.00 bits per heavy atom. The molecule has 94 valence electrons. The lowest BCUT2D eigenvalue weighted by molar-refractivity contribution is 1.35. The lowest BCUT2D eigenvalue weighted by atomic mass is 10.1. The van der Waals surface area contributed by atoms with E-state index in [1.807, 2.05) is 36.5 Å². The molecule has 0 saturated heterocycles. The highest BCUT2D eigenvalue weighted by atomic mass is 32.1. The summed E-state index contributed by atoms with van der Waals surface area (Å²) in [5.74, 6) is 0. The molecule has 2 aromatic carbocycles. The Bertz CT molecular complexity index is 714. The topological polar surface area (TPSA) is 24.4 Å². The first-order valence-electron chi connectivity index (χ1n) is 6.17. The summed E-state index contributed by atoms with van der Waals surface area (Å²) in [7, 11) is 0. The van der Waals surface area contributed by atoms with E-state index in [4.69, 9.17) is 0 Å². The summed E-state index contributed by atoms with van der Waals surface area (Å²) in [6.07, 6.45) is 1.90. The van der Waals surface area contributed by atoms with Crippen LogP contribution in [0, 0.1) is 6.92 Å². The Balaban J connectivity index is 1.83. The van der Waals surface area contributed by atoms with E-state index in [9.17, 15) is 0 Å². The Morgan fingerprint density at radius 2 is 1.74 bits per heavy atom. The molecule has 0 bridgehead atoms. The van der Waals surface area contributed by atoms with E-state index in [2.05, 4.69) is 41.7 Å². The molecule has 2 nitrogen and oxygen atoms in total. The van der Waals surface area contributed by atoms with Crippen molar-refractivity contribution in [1.82, 2.24) is 0 Å². The van der Waals surface area contributed by atoms with Crippen LogP contribution >= 0.6 is 11.3 Å². The van der Waals surface area contributed by atoms with Gasteiger partial charge in [0.05, 0.1) is 16.8 Å². The molecule has 0 atom stereocenters. The second kappa shape index (κ2) is 5.24. The average Bonchev–Trinajstić information content (AvgIpc) is 2.78. The SMILES string of the molecule is Cc1c(/C=N\Nc2ccccc2)sc2ccccc12. The van der Waals surface area contributed by atoms with Crippen molar-refractivity contribution in [3.63, 3.8) is 0 Å². The van der Waals surface area contributed by atoms with E-state index in [-0.39, 0.29) is 0 Å². The molecule has 3 aromatic rings. The summed E-state index contributed by atoms with van der Waals surface area (Å²) >= 11 is 1.77. The normalized spacial score (nSPS) is 11.2. The van der Waals surface area contributed by atoms with Crippen LogP contribution in [0.25, 0.3) is 10.1 Å². The summed E-state index contributed by atoms with van der Waals surface area (Å²) in [5, 5.41) is 5.62. The number of nitrogens with zero attached hydrogens (tertiary/aromatic N) is 1. The molecule has 0 spiro atoms. The number of aryl methyl sites for hydroxylation is 1. The average molecular weight is 266 g/mol.